The average Bonchev–Trinajstić information content (AvgIpc) is 3.62. The molecule has 9 aromatic carbocycles. The molecule has 0 aliphatic heterocycles. The largest absolute Gasteiger partial charge is 0.311 e. The van der Waals surface area contributed by atoms with Gasteiger partial charge in [-0.2, -0.15) is 0 Å². The molecule has 0 N–H and O–H groups in total. The molecule has 0 spiro atoms. The first-order valence-electron chi connectivity index (χ1n) is 19.2. The van der Waals surface area contributed by atoms with E-state index in [1.54, 1.807) is 0 Å². The summed E-state index contributed by atoms with van der Waals surface area (Å²) in [6.45, 7) is 0. The number of fused-ring (bicyclic) bond motifs is 3. The van der Waals surface area contributed by atoms with Crippen LogP contribution in [0.2, 0.25) is 0 Å². The third-order valence-electron chi connectivity index (χ3n) is 10.8. The quantitative estimate of drug-likeness (QED) is 0.152. The van der Waals surface area contributed by atoms with E-state index in [0.29, 0.717) is 0 Å². The zero-order chi connectivity index (χ0) is 37.3. The highest BCUT2D eigenvalue weighted by atomic mass is 15.1. The van der Waals surface area contributed by atoms with Crippen LogP contribution >= 0.6 is 0 Å². The van der Waals surface area contributed by atoms with Crippen molar-refractivity contribution in [3.63, 3.8) is 0 Å². The molecule has 0 aliphatic carbocycles. The number of nitrogens with zero attached hydrogens (tertiary/aromatic N) is 2. The van der Waals surface area contributed by atoms with Crippen LogP contribution in [0.1, 0.15) is 0 Å². The molecule has 0 radical (unpaired) electrons. The van der Waals surface area contributed by atoms with E-state index >= 15 is 0 Å². The summed E-state index contributed by atoms with van der Waals surface area (Å²) in [4.78, 5) is 2.30. The van der Waals surface area contributed by atoms with Crippen molar-refractivity contribution in [1.29, 1.82) is 0 Å². The van der Waals surface area contributed by atoms with Crippen LogP contribution in [-0.2, 0) is 0 Å². The van der Waals surface area contributed by atoms with Crippen LogP contribution in [0.3, 0.4) is 0 Å². The van der Waals surface area contributed by atoms with Crippen molar-refractivity contribution in [2.75, 3.05) is 4.90 Å². The summed E-state index contributed by atoms with van der Waals surface area (Å²) in [7, 11) is 0. The molecule has 0 bridgehead atoms. The highest BCUT2D eigenvalue weighted by Crippen LogP contribution is 2.45. The number of para-hydroxylation sites is 3. The third kappa shape index (κ3) is 6.04. The smallest absolute Gasteiger partial charge is 0.0547 e. The summed E-state index contributed by atoms with van der Waals surface area (Å²) in [6.07, 6.45) is 0. The zero-order valence-electron chi connectivity index (χ0n) is 30.8. The molecule has 0 fully saturated rings. The molecule has 2 nitrogen and oxygen atoms in total. The Morgan fingerprint density at radius 1 is 0.304 bits per heavy atom. The third-order valence-corrected chi connectivity index (χ3v) is 10.8. The second-order valence-corrected chi connectivity index (χ2v) is 14.2. The predicted octanol–water partition coefficient (Wildman–Crippen LogP) is 14.9. The first-order chi connectivity index (χ1) is 27.8. The van der Waals surface area contributed by atoms with Gasteiger partial charge < -0.3 is 9.47 Å². The van der Waals surface area contributed by atoms with Gasteiger partial charge in [-0.05, 0) is 111 Å². The minimum atomic E-state index is 1.12. The highest BCUT2D eigenvalue weighted by Gasteiger charge is 2.21. The van der Waals surface area contributed by atoms with E-state index < -0.39 is 0 Å². The van der Waals surface area contributed by atoms with E-state index in [4.69, 9.17) is 0 Å². The molecule has 0 unspecified atom stereocenters. The van der Waals surface area contributed by atoms with Gasteiger partial charge in [0.05, 0.1) is 11.0 Å². The average molecular weight is 715 g/mol. The SMILES string of the molecule is c1ccc(-c2ccc3c4c(-c5ccccc5)c(-c5cccc(-c6ccc(N(c7ccccc7)c7ccccc7)cc6)c5)ccc4n(-c4ccccc4)c3c2)cc1. The Labute approximate surface area is 327 Å². The number of anilines is 3. The van der Waals surface area contributed by atoms with E-state index in [1.807, 2.05) is 0 Å². The van der Waals surface area contributed by atoms with Gasteiger partial charge in [0.15, 0.2) is 0 Å². The van der Waals surface area contributed by atoms with Gasteiger partial charge in [-0.25, -0.2) is 0 Å². The second kappa shape index (κ2) is 14.4. The molecule has 264 valence electrons. The predicted molar refractivity (Wildman–Crippen MR) is 237 cm³/mol. The Kier molecular flexibility index (Phi) is 8.55. The number of aromatic nitrogens is 1. The van der Waals surface area contributed by atoms with Gasteiger partial charge in [-0.3, -0.25) is 0 Å². The first kappa shape index (κ1) is 33.2. The Balaban J connectivity index is 1.13. The molecule has 0 amide bonds. The summed E-state index contributed by atoms with van der Waals surface area (Å²) in [6, 6.07) is 83.0. The maximum atomic E-state index is 2.43. The zero-order valence-corrected chi connectivity index (χ0v) is 30.8. The van der Waals surface area contributed by atoms with Crippen LogP contribution in [0.4, 0.5) is 17.1 Å². The molecule has 0 saturated carbocycles. The lowest BCUT2D eigenvalue weighted by atomic mass is 9.89. The van der Waals surface area contributed by atoms with Crippen molar-refractivity contribution in [1.82, 2.24) is 4.57 Å². The number of hydrogen-bond acceptors (Lipinski definition) is 1. The molecule has 2 heteroatoms. The normalized spacial score (nSPS) is 11.2. The van der Waals surface area contributed by atoms with Crippen molar-refractivity contribution in [3.05, 3.63) is 231 Å². The van der Waals surface area contributed by atoms with Crippen LogP contribution in [0, 0.1) is 0 Å². The Bertz CT molecular complexity index is 2880. The Morgan fingerprint density at radius 3 is 1.43 bits per heavy atom. The summed E-state index contributed by atoms with van der Waals surface area (Å²) >= 11 is 0. The number of benzene rings is 9. The lowest BCUT2D eigenvalue weighted by molar-refractivity contribution is 1.18. The van der Waals surface area contributed by atoms with Gasteiger partial charge in [0.1, 0.15) is 0 Å². The van der Waals surface area contributed by atoms with Crippen LogP contribution in [-0.4, -0.2) is 4.57 Å². The van der Waals surface area contributed by atoms with Gasteiger partial charge >= 0.3 is 0 Å². The van der Waals surface area contributed by atoms with Crippen molar-refractivity contribution in [3.8, 4) is 50.2 Å². The van der Waals surface area contributed by atoms with E-state index in [9.17, 15) is 0 Å². The molecule has 56 heavy (non-hydrogen) atoms. The molecular formula is C54H38N2. The summed E-state index contributed by atoms with van der Waals surface area (Å²) in [5.41, 5.74) is 16.5. The maximum absolute atomic E-state index is 2.43. The van der Waals surface area contributed by atoms with Crippen molar-refractivity contribution in [2.24, 2.45) is 0 Å². The van der Waals surface area contributed by atoms with E-state index in [1.165, 1.54) is 66.3 Å². The fraction of sp³-hybridized carbons (Fsp3) is 0. The van der Waals surface area contributed by atoms with Crippen molar-refractivity contribution in [2.45, 2.75) is 0 Å². The summed E-state index contributed by atoms with van der Waals surface area (Å²) in [5.74, 6) is 0. The van der Waals surface area contributed by atoms with E-state index in [0.717, 1.165) is 22.7 Å². The molecule has 0 aliphatic rings. The Hall–Kier alpha value is -7.42. The fourth-order valence-electron chi connectivity index (χ4n) is 8.19. The molecular weight excluding hydrogens is 677 g/mol. The lowest BCUT2D eigenvalue weighted by Gasteiger charge is -2.25. The van der Waals surface area contributed by atoms with Gasteiger partial charge in [-0.15, -0.1) is 0 Å². The minimum absolute atomic E-state index is 1.12. The topological polar surface area (TPSA) is 8.17 Å². The second-order valence-electron chi connectivity index (χ2n) is 14.2. The van der Waals surface area contributed by atoms with Gasteiger partial charge in [0, 0.05) is 33.5 Å². The first-order valence-corrected chi connectivity index (χ1v) is 19.2. The monoisotopic (exact) mass is 714 g/mol. The molecule has 1 aromatic heterocycles. The minimum Gasteiger partial charge on any atom is -0.311 e. The summed E-state index contributed by atoms with van der Waals surface area (Å²) < 4.78 is 2.43. The summed E-state index contributed by atoms with van der Waals surface area (Å²) in [5, 5.41) is 2.49. The van der Waals surface area contributed by atoms with E-state index in [2.05, 4.69) is 240 Å². The van der Waals surface area contributed by atoms with Gasteiger partial charge in [0.25, 0.3) is 0 Å². The standard InChI is InChI=1S/C54H38N2/c1-6-17-39(18-7-1)43-31-34-50-52(38-43)56(47-27-14-5-15-28-47)51-36-35-49(53(54(50)51)41-19-8-2-9-20-41)44-22-16-21-42(37-44)40-29-32-48(33-30-40)55(45-23-10-3-11-24-45)46-25-12-4-13-26-46/h1-38H. The molecule has 1 heterocycles. The number of hydrogen-bond donors (Lipinski definition) is 0. The van der Waals surface area contributed by atoms with Gasteiger partial charge in [-0.1, -0.05) is 164 Å². The van der Waals surface area contributed by atoms with Crippen LogP contribution in [0.5, 0.6) is 0 Å². The van der Waals surface area contributed by atoms with E-state index in [-0.39, 0.29) is 0 Å². The fourth-order valence-corrected chi connectivity index (χ4v) is 8.19. The molecule has 10 rings (SSSR count). The lowest BCUT2D eigenvalue weighted by Crippen LogP contribution is -2.09. The molecule has 0 atom stereocenters. The number of rotatable bonds is 8. The molecule has 0 saturated heterocycles. The van der Waals surface area contributed by atoms with Crippen molar-refractivity contribution >= 4 is 38.9 Å². The van der Waals surface area contributed by atoms with Crippen LogP contribution < -0.4 is 4.90 Å². The van der Waals surface area contributed by atoms with Crippen LogP contribution in [0.15, 0.2) is 231 Å². The van der Waals surface area contributed by atoms with Crippen LogP contribution in [0.25, 0.3) is 72.0 Å². The Morgan fingerprint density at radius 2 is 0.786 bits per heavy atom. The van der Waals surface area contributed by atoms with Gasteiger partial charge in [0.2, 0.25) is 0 Å². The highest BCUT2D eigenvalue weighted by molar-refractivity contribution is 6.19. The molecule has 10 aromatic rings. The van der Waals surface area contributed by atoms with Crippen molar-refractivity contribution < 1.29 is 0 Å². The maximum Gasteiger partial charge on any atom is 0.0547 e.